The maximum absolute atomic E-state index is 3.80. The van der Waals surface area contributed by atoms with Crippen molar-refractivity contribution in [3.63, 3.8) is 0 Å². The van der Waals surface area contributed by atoms with Gasteiger partial charge in [0, 0.05) is 6.04 Å². The molecule has 1 aromatic carbocycles. The van der Waals surface area contributed by atoms with E-state index in [-0.39, 0.29) is 0 Å². The Morgan fingerprint density at radius 3 is 2.50 bits per heavy atom. The molecule has 2 saturated carbocycles. The molecule has 1 N–H and O–H groups in total. The van der Waals surface area contributed by atoms with Gasteiger partial charge in [-0.2, -0.15) is 0 Å². The van der Waals surface area contributed by atoms with Crippen LogP contribution in [-0.4, -0.2) is 12.6 Å². The first kappa shape index (κ1) is 14.1. The maximum atomic E-state index is 3.80. The second-order valence-electron chi connectivity index (χ2n) is 6.99. The number of hydrogen-bond acceptors (Lipinski definition) is 1. The minimum absolute atomic E-state index is 0.702. The third-order valence-electron chi connectivity index (χ3n) is 5.60. The quantitative estimate of drug-likeness (QED) is 0.843. The molecule has 2 fully saturated rings. The molecule has 0 radical (unpaired) electrons. The SMILES string of the molecule is CCNC(Cc1cc(C)ccc1C)C1C2CCCCC21. The normalized spacial score (nSPS) is 29.9. The summed E-state index contributed by atoms with van der Waals surface area (Å²) in [5.41, 5.74) is 4.41. The average Bonchev–Trinajstić information content (AvgIpc) is 3.16. The van der Waals surface area contributed by atoms with Crippen molar-refractivity contribution in [3.05, 3.63) is 34.9 Å². The lowest BCUT2D eigenvalue weighted by Crippen LogP contribution is -2.34. The molecule has 3 unspecified atom stereocenters. The molecular weight excluding hydrogens is 242 g/mol. The molecule has 2 aliphatic carbocycles. The van der Waals surface area contributed by atoms with E-state index in [9.17, 15) is 0 Å². The Kier molecular flexibility index (Phi) is 4.16. The van der Waals surface area contributed by atoms with Gasteiger partial charge in [-0.05, 0) is 68.5 Å². The molecule has 1 nitrogen and oxygen atoms in total. The van der Waals surface area contributed by atoms with Crippen molar-refractivity contribution >= 4 is 0 Å². The summed E-state index contributed by atoms with van der Waals surface area (Å²) in [6.45, 7) is 7.83. The lowest BCUT2D eigenvalue weighted by molar-refractivity contribution is 0.437. The zero-order valence-corrected chi connectivity index (χ0v) is 13.3. The maximum Gasteiger partial charge on any atom is 0.0141 e. The fraction of sp³-hybridized carbons (Fsp3) is 0.684. The van der Waals surface area contributed by atoms with E-state index < -0.39 is 0 Å². The van der Waals surface area contributed by atoms with Gasteiger partial charge in [0.15, 0.2) is 0 Å². The number of rotatable bonds is 5. The molecule has 0 saturated heterocycles. The molecule has 110 valence electrons. The van der Waals surface area contributed by atoms with Gasteiger partial charge in [-0.15, -0.1) is 0 Å². The van der Waals surface area contributed by atoms with Gasteiger partial charge in [0.2, 0.25) is 0 Å². The van der Waals surface area contributed by atoms with Gasteiger partial charge in [-0.3, -0.25) is 0 Å². The predicted octanol–water partition coefficient (Wildman–Crippen LogP) is 4.26. The van der Waals surface area contributed by atoms with Gasteiger partial charge >= 0.3 is 0 Å². The number of fused-ring (bicyclic) bond motifs is 1. The molecule has 20 heavy (non-hydrogen) atoms. The highest BCUT2D eigenvalue weighted by atomic mass is 14.9. The predicted molar refractivity (Wildman–Crippen MR) is 86.0 cm³/mol. The molecule has 3 rings (SSSR count). The van der Waals surface area contributed by atoms with E-state index >= 15 is 0 Å². The van der Waals surface area contributed by atoms with Crippen LogP contribution in [0.25, 0.3) is 0 Å². The fourth-order valence-electron chi connectivity index (χ4n) is 4.51. The molecule has 3 atom stereocenters. The van der Waals surface area contributed by atoms with E-state index in [0.29, 0.717) is 6.04 Å². The van der Waals surface area contributed by atoms with Crippen molar-refractivity contribution in [1.82, 2.24) is 5.32 Å². The number of likely N-dealkylation sites (N-methyl/N-ethyl adjacent to an activating group) is 1. The smallest absolute Gasteiger partial charge is 0.0141 e. The van der Waals surface area contributed by atoms with Crippen LogP contribution in [-0.2, 0) is 6.42 Å². The van der Waals surface area contributed by atoms with Gasteiger partial charge in [0.05, 0.1) is 0 Å². The lowest BCUT2D eigenvalue weighted by atomic mass is 9.95. The first-order valence-electron chi connectivity index (χ1n) is 8.50. The number of hydrogen-bond donors (Lipinski definition) is 1. The van der Waals surface area contributed by atoms with Gasteiger partial charge < -0.3 is 5.32 Å². The van der Waals surface area contributed by atoms with Crippen molar-refractivity contribution in [2.75, 3.05) is 6.54 Å². The summed E-state index contributed by atoms with van der Waals surface area (Å²) >= 11 is 0. The molecule has 0 aliphatic heterocycles. The second kappa shape index (κ2) is 5.89. The van der Waals surface area contributed by atoms with E-state index in [1.807, 2.05) is 0 Å². The van der Waals surface area contributed by atoms with Crippen LogP contribution in [0.1, 0.15) is 49.3 Å². The minimum Gasteiger partial charge on any atom is -0.314 e. The summed E-state index contributed by atoms with van der Waals surface area (Å²) < 4.78 is 0. The summed E-state index contributed by atoms with van der Waals surface area (Å²) in [5, 5.41) is 3.80. The zero-order chi connectivity index (χ0) is 14.1. The summed E-state index contributed by atoms with van der Waals surface area (Å²) in [4.78, 5) is 0. The van der Waals surface area contributed by atoms with E-state index in [1.54, 1.807) is 5.56 Å². The van der Waals surface area contributed by atoms with Gasteiger partial charge in [0.1, 0.15) is 0 Å². The van der Waals surface area contributed by atoms with Crippen LogP contribution in [0.3, 0.4) is 0 Å². The van der Waals surface area contributed by atoms with Crippen LogP contribution in [0.4, 0.5) is 0 Å². The van der Waals surface area contributed by atoms with Gasteiger partial charge in [-0.1, -0.05) is 43.5 Å². The van der Waals surface area contributed by atoms with Crippen molar-refractivity contribution in [2.24, 2.45) is 17.8 Å². The summed E-state index contributed by atoms with van der Waals surface area (Å²) in [5.74, 6) is 3.04. The van der Waals surface area contributed by atoms with Crippen molar-refractivity contribution in [1.29, 1.82) is 0 Å². The lowest BCUT2D eigenvalue weighted by Gasteiger charge is -2.20. The monoisotopic (exact) mass is 271 g/mol. The highest BCUT2D eigenvalue weighted by molar-refractivity contribution is 5.31. The minimum atomic E-state index is 0.702. The molecule has 2 aliphatic rings. The van der Waals surface area contributed by atoms with Crippen LogP contribution in [0, 0.1) is 31.6 Å². The van der Waals surface area contributed by atoms with E-state index in [1.165, 1.54) is 43.2 Å². The first-order valence-corrected chi connectivity index (χ1v) is 8.50. The summed E-state index contributed by atoms with van der Waals surface area (Å²) in [6.07, 6.45) is 7.15. The highest BCUT2D eigenvalue weighted by Gasteiger charge is 2.53. The summed E-state index contributed by atoms with van der Waals surface area (Å²) in [7, 11) is 0. The van der Waals surface area contributed by atoms with Crippen LogP contribution in [0.15, 0.2) is 18.2 Å². The third kappa shape index (κ3) is 2.79. The standard InChI is InChI=1S/C19H29N/c1-4-20-18(19-16-7-5-6-8-17(16)19)12-15-11-13(2)9-10-14(15)3/h9-11,16-20H,4-8,12H2,1-3H3. The van der Waals surface area contributed by atoms with Crippen LogP contribution in [0.5, 0.6) is 0 Å². The molecule has 0 bridgehead atoms. The number of benzene rings is 1. The van der Waals surface area contributed by atoms with Crippen molar-refractivity contribution < 1.29 is 0 Å². The Hall–Kier alpha value is -0.820. The number of aryl methyl sites for hydroxylation is 2. The molecule has 0 spiro atoms. The second-order valence-corrected chi connectivity index (χ2v) is 6.99. The zero-order valence-electron chi connectivity index (χ0n) is 13.3. The molecule has 1 aromatic rings. The molecule has 0 amide bonds. The largest absolute Gasteiger partial charge is 0.314 e. The van der Waals surface area contributed by atoms with Crippen LogP contribution < -0.4 is 5.32 Å². The first-order chi connectivity index (χ1) is 9.70. The van der Waals surface area contributed by atoms with E-state index in [4.69, 9.17) is 0 Å². The van der Waals surface area contributed by atoms with Crippen LogP contribution >= 0.6 is 0 Å². The molecular formula is C19H29N. The summed E-state index contributed by atoms with van der Waals surface area (Å²) in [6, 6.07) is 7.62. The molecule has 0 aromatic heterocycles. The molecule has 0 heterocycles. The molecule has 1 heteroatoms. The highest BCUT2D eigenvalue weighted by Crippen LogP contribution is 2.57. The Morgan fingerprint density at radius 2 is 1.85 bits per heavy atom. The van der Waals surface area contributed by atoms with E-state index in [2.05, 4.69) is 44.3 Å². The third-order valence-corrected chi connectivity index (χ3v) is 5.60. The Bertz CT molecular complexity index is 453. The van der Waals surface area contributed by atoms with Gasteiger partial charge in [-0.25, -0.2) is 0 Å². The number of nitrogens with one attached hydrogen (secondary N) is 1. The fourth-order valence-corrected chi connectivity index (χ4v) is 4.51. The Morgan fingerprint density at radius 1 is 1.15 bits per heavy atom. The van der Waals surface area contributed by atoms with Crippen molar-refractivity contribution in [3.8, 4) is 0 Å². The Labute approximate surface area is 124 Å². The van der Waals surface area contributed by atoms with Gasteiger partial charge in [0.25, 0.3) is 0 Å². The Balaban J connectivity index is 1.73. The van der Waals surface area contributed by atoms with Crippen LogP contribution in [0.2, 0.25) is 0 Å². The van der Waals surface area contributed by atoms with E-state index in [0.717, 1.165) is 24.3 Å². The topological polar surface area (TPSA) is 12.0 Å². The average molecular weight is 271 g/mol. The van der Waals surface area contributed by atoms with Crippen molar-refractivity contribution in [2.45, 2.75) is 58.9 Å².